The Labute approximate surface area is 130 Å². The Hall–Kier alpha value is -1.95. The molecule has 0 unspecified atom stereocenters. The minimum Gasteiger partial charge on any atom is -0.478 e. The molecule has 2 aromatic rings. The van der Waals surface area contributed by atoms with Gasteiger partial charge in [0.05, 0.1) is 11.3 Å². The number of anilines is 2. The van der Waals surface area contributed by atoms with Crippen molar-refractivity contribution >= 4 is 33.4 Å². The number of aromatic nitrogens is 1. The van der Waals surface area contributed by atoms with Gasteiger partial charge in [-0.25, -0.2) is 14.2 Å². The Kier molecular flexibility index (Phi) is 4.90. The molecule has 0 bridgehead atoms. The number of rotatable bonds is 5. The zero-order chi connectivity index (χ0) is 15.4. The Morgan fingerprint density at radius 2 is 2.14 bits per heavy atom. The highest BCUT2D eigenvalue weighted by Crippen LogP contribution is 2.23. The Morgan fingerprint density at radius 1 is 1.38 bits per heavy atom. The fourth-order valence-corrected chi connectivity index (χ4v) is 2.22. The molecular formula is C15H14BrFN2O2. The van der Waals surface area contributed by atoms with Gasteiger partial charge in [-0.05, 0) is 36.8 Å². The van der Waals surface area contributed by atoms with Crippen LogP contribution in [0, 0.1) is 5.82 Å². The van der Waals surface area contributed by atoms with E-state index in [0.717, 1.165) is 6.42 Å². The molecule has 4 nitrogen and oxygen atoms in total. The summed E-state index contributed by atoms with van der Waals surface area (Å²) in [6, 6.07) is 7.52. The summed E-state index contributed by atoms with van der Waals surface area (Å²) in [5.41, 5.74) is 1.04. The summed E-state index contributed by atoms with van der Waals surface area (Å²) in [7, 11) is 0. The van der Waals surface area contributed by atoms with Crippen LogP contribution in [0.3, 0.4) is 0 Å². The second-order valence-electron chi connectivity index (χ2n) is 4.54. The molecule has 0 aliphatic heterocycles. The minimum absolute atomic E-state index is 0.133. The number of hydrogen-bond acceptors (Lipinski definition) is 3. The van der Waals surface area contributed by atoms with E-state index >= 15 is 0 Å². The van der Waals surface area contributed by atoms with Crippen LogP contribution in [0.25, 0.3) is 0 Å². The van der Waals surface area contributed by atoms with E-state index < -0.39 is 11.8 Å². The van der Waals surface area contributed by atoms with Crippen molar-refractivity contribution in [2.45, 2.75) is 19.8 Å². The number of carboxylic acids is 1. The van der Waals surface area contributed by atoms with Crippen LogP contribution in [0.2, 0.25) is 0 Å². The molecule has 1 heterocycles. The quantitative estimate of drug-likeness (QED) is 0.838. The lowest BCUT2D eigenvalue weighted by Gasteiger charge is -2.10. The van der Waals surface area contributed by atoms with Crippen molar-refractivity contribution in [3.05, 3.63) is 51.9 Å². The van der Waals surface area contributed by atoms with Crippen LogP contribution >= 0.6 is 15.9 Å². The summed E-state index contributed by atoms with van der Waals surface area (Å²) in [4.78, 5) is 15.4. The second kappa shape index (κ2) is 6.67. The molecule has 0 radical (unpaired) electrons. The predicted octanol–water partition coefficient (Wildman–Crippen LogP) is 4.38. The standard InChI is InChI=1S/C15H14BrFN2O2/c1-2-3-11-6-9(15(20)21)7-14(18-11)19-13-5-4-10(16)8-12(13)17/h4-8H,2-3H2,1H3,(H,18,19)(H,20,21). The van der Waals surface area contributed by atoms with Crippen LogP contribution in [0.4, 0.5) is 15.9 Å². The summed E-state index contributed by atoms with van der Waals surface area (Å²) in [5.74, 6) is -1.16. The third-order valence-corrected chi connectivity index (χ3v) is 3.32. The second-order valence-corrected chi connectivity index (χ2v) is 5.45. The fourth-order valence-electron chi connectivity index (χ4n) is 1.89. The number of aryl methyl sites for hydroxylation is 1. The van der Waals surface area contributed by atoms with Gasteiger partial charge in [0.25, 0.3) is 0 Å². The molecule has 1 aromatic heterocycles. The van der Waals surface area contributed by atoms with Gasteiger partial charge < -0.3 is 10.4 Å². The van der Waals surface area contributed by atoms with Gasteiger partial charge in [0, 0.05) is 10.2 Å². The maximum Gasteiger partial charge on any atom is 0.335 e. The smallest absolute Gasteiger partial charge is 0.335 e. The topological polar surface area (TPSA) is 62.2 Å². The maximum absolute atomic E-state index is 13.8. The Morgan fingerprint density at radius 3 is 2.76 bits per heavy atom. The summed E-state index contributed by atoms with van der Waals surface area (Å²) < 4.78 is 14.4. The minimum atomic E-state index is -1.03. The average molecular weight is 353 g/mol. The molecule has 0 aliphatic carbocycles. The van der Waals surface area contributed by atoms with E-state index in [1.807, 2.05) is 6.92 Å². The molecule has 6 heteroatoms. The number of aromatic carboxylic acids is 1. The van der Waals surface area contributed by atoms with Crippen molar-refractivity contribution in [1.82, 2.24) is 4.98 Å². The average Bonchev–Trinajstić information content (AvgIpc) is 2.42. The molecule has 0 saturated heterocycles. The molecule has 0 saturated carbocycles. The summed E-state index contributed by atoms with van der Waals surface area (Å²) in [6.07, 6.45) is 1.51. The van der Waals surface area contributed by atoms with Gasteiger partial charge in [0.2, 0.25) is 0 Å². The highest BCUT2D eigenvalue weighted by Gasteiger charge is 2.10. The van der Waals surface area contributed by atoms with Gasteiger partial charge in [0.1, 0.15) is 11.6 Å². The van der Waals surface area contributed by atoms with Crippen molar-refractivity contribution in [2.75, 3.05) is 5.32 Å². The normalized spacial score (nSPS) is 10.4. The number of carboxylic acid groups (broad SMARTS) is 1. The molecule has 0 fully saturated rings. The highest BCUT2D eigenvalue weighted by molar-refractivity contribution is 9.10. The molecule has 2 rings (SSSR count). The van der Waals surface area contributed by atoms with Gasteiger partial charge in [-0.15, -0.1) is 0 Å². The molecule has 110 valence electrons. The first-order valence-electron chi connectivity index (χ1n) is 6.46. The number of nitrogens with zero attached hydrogens (tertiary/aromatic N) is 1. The van der Waals surface area contributed by atoms with Crippen LogP contribution in [0.1, 0.15) is 29.4 Å². The lowest BCUT2D eigenvalue weighted by Crippen LogP contribution is -2.04. The van der Waals surface area contributed by atoms with Crippen molar-refractivity contribution in [3.8, 4) is 0 Å². The number of carbonyl (C=O) groups is 1. The van der Waals surface area contributed by atoms with E-state index in [0.29, 0.717) is 22.4 Å². The van der Waals surface area contributed by atoms with Crippen LogP contribution < -0.4 is 5.32 Å². The monoisotopic (exact) mass is 352 g/mol. The van der Waals surface area contributed by atoms with E-state index in [1.54, 1.807) is 12.1 Å². The third kappa shape index (κ3) is 4.01. The van der Waals surface area contributed by atoms with Gasteiger partial charge in [-0.2, -0.15) is 0 Å². The van der Waals surface area contributed by atoms with Crippen molar-refractivity contribution in [2.24, 2.45) is 0 Å². The van der Waals surface area contributed by atoms with Crippen molar-refractivity contribution in [1.29, 1.82) is 0 Å². The highest BCUT2D eigenvalue weighted by atomic mass is 79.9. The number of halogens is 2. The predicted molar refractivity (Wildman–Crippen MR) is 82.6 cm³/mol. The van der Waals surface area contributed by atoms with Crippen molar-refractivity contribution < 1.29 is 14.3 Å². The zero-order valence-electron chi connectivity index (χ0n) is 11.4. The third-order valence-electron chi connectivity index (χ3n) is 2.83. The molecule has 2 N–H and O–H groups in total. The van der Waals surface area contributed by atoms with Crippen molar-refractivity contribution in [3.63, 3.8) is 0 Å². The lowest BCUT2D eigenvalue weighted by atomic mass is 10.1. The Bertz CT molecular complexity index is 677. The molecule has 1 aromatic carbocycles. The molecule has 0 aliphatic rings. The SMILES string of the molecule is CCCc1cc(C(=O)O)cc(Nc2ccc(Br)cc2F)n1. The molecule has 21 heavy (non-hydrogen) atoms. The fraction of sp³-hybridized carbons (Fsp3) is 0.200. The summed E-state index contributed by atoms with van der Waals surface area (Å²) in [5, 5.41) is 11.9. The van der Waals surface area contributed by atoms with Gasteiger partial charge >= 0.3 is 5.97 Å². The number of pyridine rings is 1. The van der Waals surface area contributed by atoms with E-state index in [9.17, 15) is 9.18 Å². The van der Waals surface area contributed by atoms with E-state index in [4.69, 9.17) is 5.11 Å². The van der Waals surface area contributed by atoms with E-state index in [1.165, 1.54) is 18.2 Å². The van der Waals surface area contributed by atoms with Crippen LogP contribution in [-0.4, -0.2) is 16.1 Å². The van der Waals surface area contributed by atoms with E-state index in [-0.39, 0.29) is 11.3 Å². The largest absolute Gasteiger partial charge is 0.478 e. The van der Waals surface area contributed by atoms with Crippen LogP contribution in [-0.2, 0) is 6.42 Å². The van der Waals surface area contributed by atoms with Crippen LogP contribution in [0.5, 0.6) is 0 Å². The number of benzene rings is 1. The number of hydrogen-bond donors (Lipinski definition) is 2. The lowest BCUT2D eigenvalue weighted by molar-refractivity contribution is 0.0696. The summed E-state index contributed by atoms with van der Waals surface area (Å²) >= 11 is 3.18. The molecule has 0 amide bonds. The molecule has 0 spiro atoms. The first-order valence-corrected chi connectivity index (χ1v) is 7.25. The molecular weight excluding hydrogens is 339 g/mol. The van der Waals surface area contributed by atoms with Gasteiger partial charge in [-0.3, -0.25) is 0 Å². The summed E-state index contributed by atoms with van der Waals surface area (Å²) in [6.45, 7) is 1.98. The maximum atomic E-state index is 13.8. The van der Waals surface area contributed by atoms with Crippen LogP contribution in [0.15, 0.2) is 34.8 Å². The first kappa shape index (κ1) is 15.4. The van der Waals surface area contributed by atoms with E-state index in [2.05, 4.69) is 26.2 Å². The first-order chi connectivity index (χ1) is 9.99. The van der Waals surface area contributed by atoms with Gasteiger partial charge in [-0.1, -0.05) is 29.3 Å². The van der Waals surface area contributed by atoms with Gasteiger partial charge in [0.15, 0.2) is 0 Å². The Balaban J connectivity index is 2.36. The zero-order valence-corrected chi connectivity index (χ0v) is 12.9. The number of nitrogens with one attached hydrogen (secondary N) is 1. The molecule has 0 atom stereocenters.